The molecule has 1 atom stereocenters. The Morgan fingerprint density at radius 3 is 2.54 bits per heavy atom. The maximum absolute atomic E-state index is 9.10. The van der Waals surface area contributed by atoms with E-state index in [0.717, 1.165) is 50.5 Å². The number of carboxylic acid groups (broad SMARTS) is 2. The van der Waals surface area contributed by atoms with E-state index in [0.29, 0.717) is 5.92 Å². The van der Waals surface area contributed by atoms with Crippen molar-refractivity contribution in [2.45, 2.75) is 25.4 Å². The number of hydrogen-bond acceptors (Lipinski definition) is 6. The summed E-state index contributed by atoms with van der Waals surface area (Å²) in [6.45, 7) is 3.81. The maximum Gasteiger partial charge on any atom is 0.414 e. The molecule has 0 saturated carbocycles. The van der Waals surface area contributed by atoms with Crippen molar-refractivity contribution in [3.63, 3.8) is 0 Å². The number of nitrogens with zero attached hydrogens (tertiary/aromatic N) is 1. The largest absolute Gasteiger partial charge is 0.489 e. The highest BCUT2D eigenvalue weighted by Gasteiger charge is 2.15. The second kappa shape index (κ2) is 10.5. The molecule has 1 aromatic heterocycles. The lowest BCUT2D eigenvalue weighted by molar-refractivity contribution is -0.159. The lowest BCUT2D eigenvalue weighted by Gasteiger charge is -2.23. The minimum Gasteiger partial charge on any atom is -0.489 e. The van der Waals surface area contributed by atoms with Gasteiger partial charge in [-0.3, -0.25) is 4.98 Å². The number of carboxylic acids is 2. The van der Waals surface area contributed by atoms with Crippen LogP contribution < -0.4 is 10.1 Å². The zero-order valence-corrected chi connectivity index (χ0v) is 14.5. The van der Waals surface area contributed by atoms with E-state index >= 15 is 0 Å². The van der Waals surface area contributed by atoms with Crippen molar-refractivity contribution in [2.24, 2.45) is 5.92 Å². The van der Waals surface area contributed by atoms with Gasteiger partial charge in [-0.1, -0.05) is 12.2 Å². The average molecular weight is 364 g/mol. The summed E-state index contributed by atoms with van der Waals surface area (Å²) in [5.74, 6) is -2.14. The lowest BCUT2D eigenvalue weighted by Crippen LogP contribution is -2.25. The van der Waals surface area contributed by atoms with Crippen LogP contribution in [0.4, 0.5) is 0 Å². The Morgan fingerprint density at radius 2 is 1.92 bits per heavy atom. The number of ether oxygens (including phenoxy) is 2. The molecule has 8 nitrogen and oxygen atoms in total. The third-order valence-electron chi connectivity index (χ3n) is 4.05. The van der Waals surface area contributed by atoms with Gasteiger partial charge in [0.25, 0.3) is 0 Å². The summed E-state index contributed by atoms with van der Waals surface area (Å²) in [7, 11) is 0. The first-order chi connectivity index (χ1) is 12.5. The summed E-state index contributed by atoms with van der Waals surface area (Å²) in [5.41, 5.74) is 1.11. The third kappa shape index (κ3) is 7.20. The van der Waals surface area contributed by atoms with Crippen LogP contribution in [-0.2, 0) is 14.3 Å². The van der Waals surface area contributed by atoms with Gasteiger partial charge in [-0.05, 0) is 30.5 Å². The van der Waals surface area contributed by atoms with Crippen molar-refractivity contribution in [1.29, 1.82) is 0 Å². The number of hydrogen-bond donors (Lipinski definition) is 3. The van der Waals surface area contributed by atoms with Crippen LogP contribution in [0.1, 0.15) is 24.8 Å². The van der Waals surface area contributed by atoms with E-state index in [4.69, 9.17) is 29.3 Å². The summed E-state index contributed by atoms with van der Waals surface area (Å²) >= 11 is 0. The summed E-state index contributed by atoms with van der Waals surface area (Å²) < 4.78 is 11.3. The Balaban J connectivity index is 0.000000352. The SMILES string of the molecule is C(=CC1CCNC1)c1cncc(OC2CCOCC2)c1.O=C(O)C(=O)O. The number of aliphatic carboxylic acids is 2. The maximum atomic E-state index is 9.10. The van der Waals surface area contributed by atoms with Crippen LogP contribution in [0.15, 0.2) is 24.5 Å². The molecule has 26 heavy (non-hydrogen) atoms. The van der Waals surface area contributed by atoms with E-state index in [-0.39, 0.29) is 6.10 Å². The van der Waals surface area contributed by atoms with Gasteiger partial charge in [-0.15, -0.1) is 0 Å². The molecule has 2 aliphatic heterocycles. The number of aromatic nitrogens is 1. The number of rotatable bonds is 4. The molecule has 0 aromatic carbocycles. The van der Waals surface area contributed by atoms with Gasteiger partial charge in [-0.2, -0.15) is 0 Å². The zero-order valence-electron chi connectivity index (χ0n) is 14.5. The van der Waals surface area contributed by atoms with E-state index in [1.807, 2.05) is 6.20 Å². The molecule has 3 heterocycles. The molecule has 3 N–H and O–H groups in total. The second-order valence-corrected chi connectivity index (χ2v) is 6.11. The van der Waals surface area contributed by atoms with Crippen LogP contribution in [0.5, 0.6) is 5.75 Å². The quantitative estimate of drug-likeness (QED) is 0.687. The standard InChI is InChI=1S/C16H22N2O2.C2H2O4/c1(13-3-6-17-10-13)2-14-9-16(12-18-11-14)20-15-4-7-19-8-5-15;3-1(4)2(5)6/h1-2,9,11-13,15,17H,3-8,10H2;(H,3,4)(H,5,6). The molecule has 2 fully saturated rings. The van der Waals surface area contributed by atoms with E-state index < -0.39 is 11.9 Å². The van der Waals surface area contributed by atoms with Crippen molar-refractivity contribution in [3.8, 4) is 5.75 Å². The van der Waals surface area contributed by atoms with Crippen LogP contribution in [-0.4, -0.2) is 59.5 Å². The lowest BCUT2D eigenvalue weighted by atomic mass is 10.1. The van der Waals surface area contributed by atoms with Crippen molar-refractivity contribution in [1.82, 2.24) is 10.3 Å². The molecule has 0 bridgehead atoms. The normalized spacial score (nSPS) is 20.4. The van der Waals surface area contributed by atoms with Crippen LogP contribution >= 0.6 is 0 Å². The summed E-state index contributed by atoms with van der Waals surface area (Å²) in [6.07, 6.45) is 11.5. The number of pyridine rings is 1. The molecular formula is C18H24N2O6. The Hall–Kier alpha value is -2.45. The van der Waals surface area contributed by atoms with Gasteiger partial charge in [0, 0.05) is 25.6 Å². The smallest absolute Gasteiger partial charge is 0.414 e. The first kappa shape index (κ1) is 19.9. The number of carbonyl (C=O) groups is 2. The minimum atomic E-state index is -1.82. The zero-order chi connectivity index (χ0) is 18.8. The molecule has 0 amide bonds. The Bertz CT molecular complexity index is 610. The molecule has 3 rings (SSSR count). The molecule has 2 aliphatic rings. The van der Waals surface area contributed by atoms with Crippen LogP contribution in [0.2, 0.25) is 0 Å². The number of nitrogens with one attached hydrogen (secondary N) is 1. The van der Waals surface area contributed by atoms with Crippen molar-refractivity contribution in [3.05, 3.63) is 30.1 Å². The van der Waals surface area contributed by atoms with Crippen LogP contribution in [0.25, 0.3) is 6.08 Å². The molecule has 1 aromatic rings. The highest BCUT2D eigenvalue weighted by Crippen LogP contribution is 2.19. The summed E-state index contributed by atoms with van der Waals surface area (Å²) in [4.78, 5) is 22.5. The van der Waals surface area contributed by atoms with Gasteiger partial charge in [0.1, 0.15) is 11.9 Å². The first-order valence-electron chi connectivity index (χ1n) is 8.59. The highest BCUT2D eigenvalue weighted by atomic mass is 16.5. The van der Waals surface area contributed by atoms with Gasteiger partial charge in [-0.25, -0.2) is 9.59 Å². The summed E-state index contributed by atoms with van der Waals surface area (Å²) in [5, 5.41) is 18.2. The van der Waals surface area contributed by atoms with E-state index in [1.54, 1.807) is 6.20 Å². The van der Waals surface area contributed by atoms with Crippen molar-refractivity contribution in [2.75, 3.05) is 26.3 Å². The fraction of sp³-hybridized carbons (Fsp3) is 0.500. The van der Waals surface area contributed by atoms with Crippen LogP contribution in [0, 0.1) is 5.92 Å². The van der Waals surface area contributed by atoms with Gasteiger partial charge in [0.2, 0.25) is 0 Å². The third-order valence-corrected chi connectivity index (χ3v) is 4.05. The van der Waals surface area contributed by atoms with E-state index in [9.17, 15) is 0 Å². The molecule has 1 unspecified atom stereocenters. The Labute approximate surface area is 151 Å². The second-order valence-electron chi connectivity index (χ2n) is 6.11. The monoisotopic (exact) mass is 364 g/mol. The molecule has 0 aliphatic carbocycles. The van der Waals surface area contributed by atoms with Gasteiger partial charge in [0.05, 0.1) is 19.4 Å². The van der Waals surface area contributed by atoms with Crippen molar-refractivity contribution < 1.29 is 29.3 Å². The molecule has 142 valence electrons. The van der Waals surface area contributed by atoms with Crippen LogP contribution in [0.3, 0.4) is 0 Å². The predicted molar refractivity (Wildman–Crippen MR) is 94.0 cm³/mol. The van der Waals surface area contributed by atoms with E-state index in [1.165, 1.54) is 6.42 Å². The topological polar surface area (TPSA) is 118 Å². The van der Waals surface area contributed by atoms with Gasteiger partial charge >= 0.3 is 11.9 Å². The Morgan fingerprint density at radius 1 is 1.19 bits per heavy atom. The fourth-order valence-corrected chi connectivity index (χ4v) is 2.67. The summed E-state index contributed by atoms with van der Waals surface area (Å²) in [6, 6.07) is 2.07. The molecule has 0 spiro atoms. The molecule has 8 heteroatoms. The average Bonchev–Trinajstić information content (AvgIpc) is 3.15. The first-order valence-corrected chi connectivity index (χ1v) is 8.59. The fourth-order valence-electron chi connectivity index (χ4n) is 2.67. The van der Waals surface area contributed by atoms with E-state index in [2.05, 4.69) is 28.5 Å². The highest BCUT2D eigenvalue weighted by molar-refractivity contribution is 6.27. The minimum absolute atomic E-state index is 0.267. The molecule has 2 saturated heterocycles. The molecule has 0 radical (unpaired) electrons. The predicted octanol–water partition coefficient (Wildman–Crippen LogP) is 1.42. The van der Waals surface area contributed by atoms with Gasteiger partial charge < -0.3 is 25.0 Å². The molecular weight excluding hydrogens is 340 g/mol. The Kier molecular flexibility index (Phi) is 8.04. The van der Waals surface area contributed by atoms with Crippen molar-refractivity contribution >= 4 is 18.0 Å². The van der Waals surface area contributed by atoms with Gasteiger partial charge in [0.15, 0.2) is 0 Å².